The maximum Gasteiger partial charge on any atom is 0.586 e. The van der Waals surface area contributed by atoms with Gasteiger partial charge in [-0.15, -0.1) is 8.78 Å². The van der Waals surface area contributed by atoms with E-state index in [1.165, 1.54) is 12.1 Å². The van der Waals surface area contributed by atoms with E-state index in [-0.39, 0.29) is 59.2 Å². The molecule has 0 aromatic heterocycles. The van der Waals surface area contributed by atoms with E-state index in [1.54, 1.807) is 0 Å². The molecule has 4 fully saturated rings. The lowest BCUT2D eigenvalue weighted by Gasteiger charge is -2.16. The molecule has 12 nitrogen and oxygen atoms in total. The molecule has 14 heteroatoms. The lowest BCUT2D eigenvalue weighted by Crippen LogP contribution is -2.26. The largest absolute Gasteiger partial charge is 0.586 e. The average molecular weight is 747 g/mol. The number of rotatable bonds is 22. The van der Waals surface area contributed by atoms with Crippen LogP contribution in [0.3, 0.4) is 0 Å². The van der Waals surface area contributed by atoms with Gasteiger partial charge in [-0.25, -0.2) is 9.59 Å². The lowest BCUT2D eigenvalue weighted by atomic mass is 10.1. The fourth-order valence-corrected chi connectivity index (χ4v) is 8.12. The number of carbonyl (C=O) groups is 4. The summed E-state index contributed by atoms with van der Waals surface area (Å²) in [5.74, 6) is -3.60. The van der Waals surface area contributed by atoms with E-state index in [9.17, 15) is 28.0 Å². The quantitative estimate of drug-likeness (QED) is 0.0555. The molecule has 290 valence electrons. The average Bonchev–Trinajstić information content (AvgIpc) is 3.76. The van der Waals surface area contributed by atoms with Crippen LogP contribution in [0.15, 0.2) is 37.4 Å². The maximum atomic E-state index is 14.3. The Kier molecular flexibility index (Phi) is 12.7. The van der Waals surface area contributed by atoms with Crippen LogP contribution in [0.25, 0.3) is 0 Å². The molecule has 0 saturated heterocycles. The molecule has 0 amide bonds. The fourth-order valence-electron chi connectivity index (χ4n) is 8.12. The molecular formula is C39H48F2O12. The first-order valence-corrected chi connectivity index (χ1v) is 18.8. The van der Waals surface area contributed by atoms with Crippen LogP contribution in [0.5, 0.6) is 23.0 Å². The van der Waals surface area contributed by atoms with Crippen LogP contribution >= 0.6 is 0 Å². The minimum Gasteiger partial charge on any atom is -0.463 e. The number of hydrogen-bond acceptors (Lipinski definition) is 12. The molecule has 4 aliphatic carbocycles. The van der Waals surface area contributed by atoms with Crippen molar-refractivity contribution < 1.29 is 65.9 Å². The summed E-state index contributed by atoms with van der Waals surface area (Å²) in [5.41, 5.74) is 0. The Balaban J connectivity index is 0.885. The molecule has 0 spiro atoms. The van der Waals surface area contributed by atoms with Gasteiger partial charge < -0.3 is 37.9 Å². The Hall–Kier alpha value is -4.04. The Morgan fingerprint density at radius 1 is 0.623 bits per heavy atom. The number of carbonyl (C=O) groups excluding carboxylic acids is 4. The molecule has 53 heavy (non-hydrogen) atoms. The van der Waals surface area contributed by atoms with Gasteiger partial charge in [0.2, 0.25) is 11.5 Å². The van der Waals surface area contributed by atoms with Gasteiger partial charge in [-0.1, -0.05) is 26.0 Å². The number of halogens is 2. The van der Waals surface area contributed by atoms with Crippen LogP contribution in [0.4, 0.5) is 8.78 Å². The Bertz CT molecular complexity index is 1400. The maximum absolute atomic E-state index is 14.3. The van der Waals surface area contributed by atoms with Crippen LogP contribution in [-0.2, 0) is 38.1 Å². The van der Waals surface area contributed by atoms with Crippen molar-refractivity contribution >= 4 is 23.9 Å². The third kappa shape index (κ3) is 9.94. The lowest BCUT2D eigenvalue weighted by molar-refractivity contribution is -0.287. The van der Waals surface area contributed by atoms with E-state index in [0.717, 1.165) is 89.2 Å². The van der Waals surface area contributed by atoms with Gasteiger partial charge in [0.1, 0.15) is 0 Å². The molecule has 6 rings (SSSR count). The topological polar surface area (TPSA) is 142 Å². The minimum atomic E-state index is -4.02. The van der Waals surface area contributed by atoms with Crippen molar-refractivity contribution in [1.29, 1.82) is 0 Å². The molecule has 4 atom stereocenters. The second-order valence-corrected chi connectivity index (χ2v) is 14.4. The highest BCUT2D eigenvalue weighted by molar-refractivity contribution is 5.83. The summed E-state index contributed by atoms with van der Waals surface area (Å²) in [5, 5.41) is 0. The third-order valence-corrected chi connectivity index (χ3v) is 10.9. The highest BCUT2D eigenvalue weighted by Gasteiger charge is 2.62. The number of ether oxygens (including phenoxy) is 8. The number of hydrogen-bond donors (Lipinski definition) is 0. The predicted octanol–water partition coefficient (Wildman–Crippen LogP) is 6.48. The minimum absolute atomic E-state index is 0.0602. The van der Waals surface area contributed by atoms with Gasteiger partial charge in [-0.3, -0.25) is 9.59 Å². The van der Waals surface area contributed by atoms with Gasteiger partial charge in [-0.2, -0.15) is 0 Å². The summed E-state index contributed by atoms with van der Waals surface area (Å²) in [7, 11) is 0. The van der Waals surface area contributed by atoms with Gasteiger partial charge in [0.25, 0.3) is 0 Å². The van der Waals surface area contributed by atoms with E-state index in [0.29, 0.717) is 26.4 Å². The summed E-state index contributed by atoms with van der Waals surface area (Å²) in [6.45, 7) is 8.69. The Labute approximate surface area is 307 Å². The number of unbranched alkanes of at least 4 members (excludes halogenated alkanes) is 6. The van der Waals surface area contributed by atoms with E-state index >= 15 is 0 Å². The number of alkyl halides is 2. The van der Waals surface area contributed by atoms with Gasteiger partial charge in [0.15, 0.2) is 11.5 Å². The van der Waals surface area contributed by atoms with Crippen molar-refractivity contribution in [3.8, 4) is 23.0 Å². The van der Waals surface area contributed by atoms with E-state index in [1.807, 2.05) is 0 Å². The van der Waals surface area contributed by atoms with Crippen molar-refractivity contribution in [3.05, 3.63) is 37.4 Å². The van der Waals surface area contributed by atoms with Crippen LogP contribution in [0.2, 0.25) is 0 Å². The molecule has 1 aromatic rings. The van der Waals surface area contributed by atoms with Gasteiger partial charge in [-0.05, 0) is 100 Å². The summed E-state index contributed by atoms with van der Waals surface area (Å²) in [6.07, 6.45) is 8.36. The summed E-state index contributed by atoms with van der Waals surface area (Å²) >= 11 is 0. The zero-order chi connectivity index (χ0) is 37.5. The van der Waals surface area contributed by atoms with Gasteiger partial charge in [0.05, 0.1) is 37.3 Å². The van der Waals surface area contributed by atoms with Crippen molar-refractivity contribution in [2.45, 2.75) is 95.6 Å². The second kappa shape index (κ2) is 17.4. The van der Waals surface area contributed by atoms with E-state index in [4.69, 9.17) is 37.9 Å². The number of benzene rings is 1. The third-order valence-electron chi connectivity index (χ3n) is 10.9. The smallest absolute Gasteiger partial charge is 0.463 e. The zero-order valence-electron chi connectivity index (χ0n) is 29.8. The zero-order valence-corrected chi connectivity index (χ0v) is 29.8. The van der Waals surface area contributed by atoms with Crippen molar-refractivity contribution in [2.75, 3.05) is 26.4 Å². The molecule has 5 aliphatic rings. The molecule has 0 bridgehead atoms. The summed E-state index contributed by atoms with van der Waals surface area (Å²) in [4.78, 5) is 48.2. The second-order valence-electron chi connectivity index (χ2n) is 14.4. The molecule has 1 aromatic carbocycles. The molecular weight excluding hydrogens is 698 g/mol. The number of esters is 4. The van der Waals surface area contributed by atoms with Crippen molar-refractivity contribution in [2.24, 2.45) is 35.5 Å². The standard InChI is InChI=1S/C39H48F2O12/c1-3-31(42)48-17-11-7-5-9-15-46-23-19-25-26(20-23)33(25)37(44)50-29-13-14-30(36-35(29)52-39(40,41)53-36)51-38(45)34-27-21-24(22-28(27)34)47-16-10-6-8-12-18-49-32(43)4-2/h3-4,13-14,23-28,33-34H,1-2,5-12,15-22H2. The summed E-state index contributed by atoms with van der Waals surface area (Å²) < 4.78 is 71.0. The first-order chi connectivity index (χ1) is 25.6. The summed E-state index contributed by atoms with van der Waals surface area (Å²) in [6, 6.07) is 2.56. The van der Waals surface area contributed by atoms with Crippen LogP contribution in [0.1, 0.15) is 77.0 Å². The molecule has 0 radical (unpaired) electrons. The highest BCUT2D eigenvalue weighted by atomic mass is 19.3. The molecule has 4 saturated carbocycles. The molecule has 1 heterocycles. The predicted molar refractivity (Wildman–Crippen MR) is 182 cm³/mol. The SMILES string of the molecule is C=CC(=O)OCCCCCCOC1CC2C(C1)C2C(=O)Oc1ccc(OC(=O)C2C3CC(OCCCCCCOC(=O)C=C)CC32)c2c1OC(F)(F)O2. The monoisotopic (exact) mass is 746 g/mol. The first kappa shape index (κ1) is 38.7. The van der Waals surface area contributed by atoms with Crippen molar-refractivity contribution in [1.82, 2.24) is 0 Å². The van der Waals surface area contributed by atoms with E-state index < -0.39 is 41.7 Å². The molecule has 1 aliphatic heterocycles. The molecule has 4 unspecified atom stereocenters. The Morgan fingerprint density at radius 3 is 1.34 bits per heavy atom. The van der Waals surface area contributed by atoms with Crippen molar-refractivity contribution in [3.63, 3.8) is 0 Å². The molecule has 0 N–H and O–H groups in total. The fraction of sp³-hybridized carbons (Fsp3) is 0.641. The van der Waals surface area contributed by atoms with Gasteiger partial charge >= 0.3 is 30.2 Å². The number of fused-ring (bicyclic) bond motifs is 3. The highest BCUT2D eigenvalue weighted by Crippen LogP contribution is 2.61. The van der Waals surface area contributed by atoms with Crippen LogP contribution < -0.4 is 18.9 Å². The first-order valence-electron chi connectivity index (χ1n) is 18.8. The van der Waals surface area contributed by atoms with E-state index in [2.05, 4.69) is 13.2 Å². The normalized spacial score (nSPS) is 28.0. The van der Waals surface area contributed by atoms with Crippen LogP contribution in [0, 0.1) is 35.5 Å². The Morgan fingerprint density at radius 2 is 0.981 bits per heavy atom. The van der Waals surface area contributed by atoms with Gasteiger partial charge in [0, 0.05) is 25.4 Å². The van der Waals surface area contributed by atoms with Crippen LogP contribution in [-0.4, -0.2) is 68.8 Å².